The number of aliphatic hydroxyl groups is 3. The van der Waals surface area contributed by atoms with Crippen LogP contribution < -0.4 is 9.64 Å². The highest BCUT2D eigenvalue weighted by Crippen LogP contribution is 2.52. The molecule has 1 spiro atoms. The summed E-state index contributed by atoms with van der Waals surface area (Å²) in [5.41, 5.74) is 1.00. The molecular formula is C50H73ClF3N8O20P. The summed E-state index contributed by atoms with van der Waals surface area (Å²) in [6, 6.07) is 0.836. The van der Waals surface area contributed by atoms with Crippen molar-refractivity contribution in [1.29, 1.82) is 0 Å². The van der Waals surface area contributed by atoms with E-state index in [0.29, 0.717) is 121 Å². The number of halogens is 4. The zero-order valence-electron chi connectivity index (χ0n) is 45.9. The van der Waals surface area contributed by atoms with Crippen LogP contribution in [0.1, 0.15) is 44.0 Å². The summed E-state index contributed by atoms with van der Waals surface area (Å²) >= 11 is 6.41. The van der Waals surface area contributed by atoms with Crippen molar-refractivity contribution in [3.8, 4) is 5.75 Å². The molecule has 5 heterocycles. The van der Waals surface area contributed by atoms with Crippen molar-refractivity contribution >= 4 is 42.0 Å². The summed E-state index contributed by atoms with van der Waals surface area (Å²) in [5, 5.41) is 42.3. The van der Waals surface area contributed by atoms with E-state index in [1.807, 2.05) is 0 Å². The standard InChI is InChI=1S/C50H73ClF3N8O20P/c1-70-33-50(32-63,83(67,68)69)80-29-40-42(65)43(66)47(81-40)62-46-37(26-55-62)45(56-48(51)57-46)60-30-49(31-60)5-2-36(3-6-49)79-23-22-77-19-18-75-16-17-76-20-21-78-28-35-27-61(59-58-35)7-9-72-11-13-74-15-14-73-12-10-71-8-4-41(64)82-44-38(53)24-34(52)25-39(44)54/h24-27,36,40,42-43,47,63,65-66H,2-23,28-33H2,1H3,(H2,67,68,69)/t40?,42-,43-,47-,50?/m1/s1. The minimum atomic E-state index is -5.06. The van der Waals surface area contributed by atoms with Crippen LogP contribution in [-0.2, 0) is 79.4 Å². The van der Waals surface area contributed by atoms with Crippen LogP contribution in [-0.4, -0.2) is 241 Å². The van der Waals surface area contributed by atoms with E-state index < -0.39 is 86.5 Å². The second-order valence-electron chi connectivity index (χ2n) is 19.7. The molecule has 0 bridgehead atoms. The molecular weight excluding hydrogens is 1160 g/mol. The Balaban J connectivity index is 0.634. The van der Waals surface area contributed by atoms with E-state index in [-0.39, 0.29) is 55.3 Å². The lowest BCUT2D eigenvalue weighted by Crippen LogP contribution is -2.58. The zero-order chi connectivity index (χ0) is 59.2. The predicted octanol–water partition coefficient (Wildman–Crippen LogP) is 1.73. The number of aliphatic hydroxyl groups excluding tert-OH is 3. The molecule has 4 aromatic rings. The summed E-state index contributed by atoms with van der Waals surface area (Å²) in [6.07, 6.45) is 1.28. The fraction of sp³-hybridized carbons (Fsp3) is 0.720. The van der Waals surface area contributed by atoms with E-state index in [4.69, 9.17) is 68.4 Å². The predicted molar refractivity (Wildman–Crippen MR) is 281 cm³/mol. The van der Waals surface area contributed by atoms with E-state index in [2.05, 4.69) is 35.0 Å². The summed E-state index contributed by atoms with van der Waals surface area (Å²) < 4.78 is 126. The lowest BCUT2D eigenvalue weighted by Gasteiger charge is -2.54. The molecule has 0 amide bonds. The molecule has 1 saturated carbocycles. The highest BCUT2D eigenvalue weighted by atomic mass is 35.5. The van der Waals surface area contributed by atoms with E-state index >= 15 is 0 Å². The van der Waals surface area contributed by atoms with Gasteiger partial charge in [-0.25, -0.2) is 22.5 Å². The largest absolute Gasteiger partial charge is 0.420 e. The lowest BCUT2D eigenvalue weighted by atomic mass is 9.68. The number of hydrogen-bond acceptors (Lipinski definition) is 24. The van der Waals surface area contributed by atoms with Crippen LogP contribution in [0.2, 0.25) is 5.28 Å². The maximum absolute atomic E-state index is 13.6. The van der Waals surface area contributed by atoms with Crippen molar-refractivity contribution in [2.75, 3.05) is 151 Å². The first-order valence-electron chi connectivity index (χ1n) is 27.0. The number of aromatic nitrogens is 7. The van der Waals surface area contributed by atoms with Gasteiger partial charge in [0.25, 0.3) is 0 Å². The number of nitrogens with zero attached hydrogens (tertiary/aromatic N) is 8. The SMILES string of the molecule is COCC(CO)(OCC1O[C@@H](n2ncc3c(N4CC5(CCC(OCCOCCOCCOCCOCc6cn(CCOCCOCCOCCOCCC(=O)Oc7c(F)cc(F)cc7F)nn6)CC5)C4)nc(Cl)nc32)[C@H](O)[C@@H]1O)P(=O)(O)O. The van der Waals surface area contributed by atoms with Crippen molar-refractivity contribution in [2.24, 2.45) is 5.41 Å². The summed E-state index contributed by atoms with van der Waals surface area (Å²) in [6.45, 7) is 5.42. The van der Waals surface area contributed by atoms with Crippen LogP contribution in [0, 0.1) is 22.9 Å². The summed E-state index contributed by atoms with van der Waals surface area (Å²) in [5.74, 6) is -5.07. The Bertz CT molecular complexity index is 2630. The minimum Gasteiger partial charge on any atom is -0.420 e. The number of rotatable bonds is 40. The van der Waals surface area contributed by atoms with Crippen molar-refractivity contribution in [1.82, 2.24) is 34.7 Å². The van der Waals surface area contributed by atoms with Gasteiger partial charge in [-0.15, -0.1) is 5.10 Å². The third-order valence-electron chi connectivity index (χ3n) is 13.7. The zero-order valence-corrected chi connectivity index (χ0v) is 47.5. The number of carbonyl (C=O) groups is 1. The molecule has 1 aromatic carbocycles. The Kier molecular flexibility index (Phi) is 26.4. The van der Waals surface area contributed by atoms with Gasteiger partial charge in [0.2, 0.25) is 16.4 Å². The van der Waals surface area contributed by atoms with E-state index in [1.54, 1.807) is 10.9 Å². The molecule has 3 aromatic heterocycles. The maximum Gasteiger partial charge on any atom is 0.361 e. The average molecular weight is 1230 g/mol. The molecule has 2 aliphatic heterocycles. The molecule has 28 nitrogen and oxygen atoms in total. The molecule has 7 rings (SSSR count). The van der Waals surface area contributed by atoms with Crippen LogP contribution in [0.3, 0.4) is 0 Å². The van der Waals surface area contributed by atoms with E-state index in [0.717, 1.165) is 38.8 Å². The number of methoxy groups -OCH3 is 1. The highest BCUT2D eigenvalue weighted by Gasteiger charge is 2.52. The van der Waals surface area contributed by atoms with Gasteiger partial charge < -0.3 is 91.6 Å². The third-order valence-corrected chi connectivity index (χ3v) is 15.4. The van der Waals surface area contributed by atoms with Gasteiger partial charge in [-0.3, -0.25) is 9.36 Å². The monoisotopic (exact) mass is 1230 g/mol. The number of ether oxygens (including phenoxy) is 13. The Morgan fingerprint density at radius 3 is 1.99 bits per heavy atom. The molecule has 2 saturated heterocycles. The quantitative estimate of drug-likeness (QED) is 0.0139. The number of fused-ring (bicyclic) bond motifs is 1. The first-order chi connectivity index (χ1) is 40.0. The Morgan fingerprint density at radius 2 is 1.40 bits per heavy atom. The first kappa shape index (κ1) is 66.3. The van der Waals surface area contributed by atoms with Crippen molar-refractivity contribution in [2.45, 2.75) is 81.2 Å². The second kappa shape index (κ2) is 33.1. The molecule has 33 heteroatoms. The van der Waals surface area contributed by atoms with Gasteiger partial charge in [-0.2, -0.15) is 15.1 Å². The van der Waals surface area contributed by atoms with Gasteiger partial charge in [-0.05, 0) is 37.3 Å². The lowest BCUT2D eigenvalue weighted by molar-refractivity contribution is -0.136. The fourth-order valence-electron chi connectivity index (χ4n) is 9.33. The molecule has 1 aliphatic carbocycles. The number of anilines is 1. The fourth-order valence-corrected chi connectivity index (χ4v) is 10.2. The summed E-state index contributed by atoms with van der Waals surface area (Å²) in [4.78, 5) is 42.5. The number of esters is 1. The molecule has 3 fully saturated rings. The number of benzene rings is 1. The topological polar surface area (TPSA) is 333 Å². The third kappa shape index (κ3) is 19.4. The summed E-state index contributed by atoms with van der Waals surface area (Å²) in [7, 11) is -3.88. The maximum atomic E-state index is 13.6. The van der Waals surface area contributed by atoms with Crippen LogP contribution in [0.15, 0.2) is 24.5 Å². The number of hydrogen-bond donors (Lipinski definition) is 5. The molecule has 2 unspecified atom stereocenters. The van der Waals surface area contributed by atoms with Crippen LogP contribution in [0.4, 0.5) is 19.0 Å². The minimum absolute atomic E-state index is 0.0577. The van der Waals surface area contributed by atoms with Crippen LogP contribution in [0.5, 0.6) is 5.75 Å². The average Bonchev–Trinajstić information content (AvgIpc) is 3.39. The van der Waals surface area contributed by atoms with Gasteiger partial charge in [0.05, 0.1) is 169 Å². The van der Waals surface area contributed by atoms with E-state index in [9.17, 15) is 47.6 Å². The normalized spacial score (nSPS) is 20.0. The van der Waals surface area contributed by atoms with Gasteiger partial charge >= 0.3 is 13.6 Å². The van der Waals surface area contributed by atoms with Gasteiger partial charge in [0.15, 0.2) is 23.5 Å². The van der Waals surface area contributed by atoms with Crippen molar-refractivity contribution in [3.63, 3.8) is 0 Å². The molecule has 5 atom stereocenters. The smallest absolute Gasteiger partial charge is 0.361 e. The molecule has 3 aliphatic rings. The van der Waals surface area contributed by atoms with Gasteiger partial charge in [0, 0.05) is 37.7 Å². The second-order valence-corrected chi connectivity index (χ2v) is 22.0. The Labute approximate surface area is 480 Å². The van der Waals surface area contributed by atoms with Crippen molar-refractivity contribution < 1.29 is 109 Å². The van der Waals surface area contributed by atoms with Gasteiger partial charge in [0.1, 0.15) is 35.6 Å². The Morgan fingerprint density at radius 1 is 0.819 bits per heavy atom. The number of carbonyl (C=O) groups excluding carboxylic acids is 1. The molecule has 0 radical (unpaired) electrons. The van der Waals surface area contributed by atoms with E-state index in [1.165, 1.54) is 18.0 Å². The molecule has 5 N–H and O–H groups in total. The van der Waals surface area contributed by atoms with Crippen LogP contribution >= 0.6 is 19.2 Å². The molecule has 466 valence electrons. The van der Waals surface area contributed by atoms with Crippen LogP contribution in [0.25, 0.3) is 11.0 Å². The Hall–Kier alpha value is -4.19. The van der Waals surface area contributed by atoms with Gasteiger partial charge in [-0.1, -0.05) is 5.21 Å². The van der Waals surface area contributed by atoms with Crippen molar-refractivity contribution in [3.05, 3.63) is 53.0 Å². The molecule has 83 heavy (non-hydrogen) atoms. The first-order valence-corrected chi connectivity index (χ1v) is 29.0. The highest BCUT2D eigenvalue weighted by molar-refractivity contribution is 7.53.